The van der Waals surface area contributed by atoms with Crippen LogP contribution in [-0.2, 0) is 6.42 Å². The first-order valence-corrected chi connectivity index (χ1v) is 7.46. The van der Waals surface area contributed by atoms with Gasteiger partial charge in [-0.05, 0) is 30.5 Å². The highest BCUT2D eigenvalue weighted by Crippen LogP contribution is 2.29. The van der Waals surface area contributed by atoms with Crippen LogP contribution in [0.4, 0.5) is 5.82 Å². The van der Waals surface area contributed by atoms with Crippen molar-refractivity contribution in [1.82, 2.24) is 9.97 Å². The largest absolute Gasteiger partial charge is 0.308 e. The Kier molecular flexibility index (Phi) is 4.96. The van der Waals surface area contributed by atoms with Crippen LogP contribution in [0.25, 0.3) is 11.4 Å². The van der Waals surface area contributed by atoms with Crippen LogP contribution in [-0.4, -0.2) is 9.97 Å². The number of halogens is 2. The quantitative estimate of drug-likeness (QED) is 0.641. The molecule has 0 atom stereocenters. The topological polar surface area (TPSA) is 63.8 Å². The maximum Gasteiger partial charge on any atom is 0.163 e. The van der Waals surface area contributed by atoms with Crippen LogP contribution >= 0.6 is 27.5 Å². The Labute approximate surface area is 131 Å². The number of hydrazine groups is 1. The molecule has 0 radical (unpaired) electrons. The molecule has 0 spiro atoms. The molecular weight excluding hydrogens is 340 g/mol. The summed E-state index contributed by atoms with van der Waals surface area (Å²) in [6, 6.07) is 7.45. The molecule has 1 aromatic heterocycles. The van der Waals surface area contributed by atoms with E-state index in [0.717, 1.165) is 22.2 Å². The Hall–Kier alpha value is -1.17. The summed E-state index contributed by atoms with van der Waals surface area (Å²) in [6.07, 6.45) is 0.857. The van der Waals surface area contributed by atoms with Crippen molar-refractivity contribution in [1.29, 1.82) is 0 Å². The number of nitrogen functional groups attached to an aromatic ring is 1. The normalized spacial score (nSPS) is 10.9. The van der Waals surface area contributed by atoms with Crippen LogP contribution in [0.5, 0.6) is 0 Å². The second-order valence-electron chi connectivity index (χ2n) is 4.93. The van der Waals surface area contributed by atoms with Crippen molar-refractivity contribution in [2.45, 2.75) is 20.3 Å². The lowest BCUT2D eigenvalue weighted by molar-refractivity contribution is 0.635. The fourth-order valence-corrected chi connectivity index (χ4v) is 2.45. The molecule has 0 saturated carbocycles. The summed E-state index contributed by atoms with van der Waals surface area (Å²) in [7, 11) is 0. The van der Waals surface area contributed by atoms with Gasteiger partial charge in [-0.15, -0.1) is 0 Å². The molecule has 3 N–H and O–H groups in total. The molecule has 2 rings (SSSR count). The Morgan fingerprint density at radius 2 is 2.05 bits per heavy atom. The van der Waals surface area contributed by atoms with Crippen molar-refractivity contribution in [3.05, 3.63) is 39.5 Å². The zero-order valence-electron chi connectivity index (χ0n) is 11.3. The number of benzene rings is 1. The zero-order chi connectivity index (χ0) is 14.7. The van der Waals surface area contributed by atoms with Crippen molar-refractivity contribution < 1.29 is 0 Å². The summed E-state index contributed by atoms with van der Waals surface area (Å²) < 4.78 is 0.928. The molecule has 0 amide bonds. The second-order valence-corrected chi connectivity index (χ2v) is 6.26. The molecule has 20 heavy (non-hydrogen) atoms. The number of nitrogens with two attached hydrogens (primary N) is 1. The molecule has 0 fully saturated rings. The number of anilines is 1. The summed E-state index contributed by atoms with van der Waals surface area (Å²) in [5, 5.41) is 0.609. The van der Waals surface area contributed by atoms with Crippen molar-refractivity contribution in [3.63, 3.8) is 0 Å². The van der Waals surface area contributed by atoms with E-state index in [1.165, 1.54) is 0 Å². The lowest BCUT2D eigenvalue weighted by Gasteiger charge is -2.10. The van der Waals surface area contributed by atoms with Crippen LogP contribution in [0.1, 0.15) is 19.5 Å². The molecule has 0 bridgehead atoms. The smallest absolute Gasteiger partial charge is 0.163 e. The summed E-state index contributed by atoms with van der Waals surface area (Å²) >= 11 is 9.67. The molecule has 0 aliphatic heterocycles. The average Bonchev–Trinajstić information content (AvgIpc) is 2.40. The number of hydrogen-bond donors (Lipinski definition) is 2. The maximum atomic E-state index is 6.23. The van der Waals surface area contributed by atoms with Gasteiger partial charge < -0.3 is 5.43 Å². The highest BCUT2D eigenvalue weighted by molar-refractivity contribution is 9.10. The van der Waals surface area contributed by atoms with E-state index in [2.05, 4.69) is 45.2 Å². The van der Waals surface area contributed by atoms with Crippen LogP contribution in [0.15, 0.2) is 28.7 Å². The molecule has 4 nitrogen and oxygen atoms in total. The Morgan fingerprint density at radius 1 is 1.30 bits per heavy atom. The Morgan fingerprint density at radius 3 is 2.70 bits per heavy atom. The van der Waals surface area contributed by atoms with Gasteiger partial charge >= 0.3 is 0 Å². The van der Waals surface area contributed by atoms with Gasteiger partial charge in [0.15, 0.2) is 5.82 Å². The number of aromatic nitrogens is 2. The average molecular weight is 356 g/mol. The lowest BCUT2D eigenvalue weighted by Crippen LogP contribution is -2.11. The predicted molar refractivity (Wildman–Crippen MR) is 86.5 cm³/mol. The molecule has 0 unspecified atom stereocenters. The molecule has 2 aromatic rings. The molecule has 0 aliphatic carbocycles. The van der Waals surface area contributed by atoms with Gasteiger partial charge in [-0.25, -0.2) is 15.8 Å². The monoisotopic (exact) mass is 354 g/mol. The number of nitrogens with one attached hydrogen (secondary N) is 1. The molecular formula is C14H16BrClN4. The van der Waals surface area contributed by atoms with Gasteiger partial charge in [0.25, 0.3) is 0 Å². The van der Waals surface area contributed by atoms with E-state index < -0.39 is 0 Å². The van der Waals surface area contributed by atoms with Gasteiger partial charge in [-0.1, -0.05) is 41.4 Å². The van der Waals surface area contributed by atoms with Crippen molar-refractivity contribution in [3.8, 4) is 11.4 Å². The predicted octanol–water partition coefficient (Wildman–Crippen LogP) is 4.04. The first-order valence-electron chi connectivity index (χ1n) is 6.29. The highest BCUT2D eigenvalue weighted by Gasteiger charge is 2.11. The van der Waals surface area contributed by atoms with E-state index in [0.29, 0.717) is 22.6 Å². The summed E-state index contributed by atoms with van der Waals surface area (Å²) in [4.78, 5) is 8.96. The minimum atomic E-state index is 0.501. The Balaban J connectivity index is 2.52. The number of hydrogen-bond acceptors (Lipinski definition) is 4. The molecule has 1 aromatic carbocycles. The molecule has 1 heterocycles. The molecule has 0 saturated heterocycles. The minimum absolute atomic E-state index is 0.501. The molecule has 6 heteroatoms. The van der Waals surface area contributed by atoms with E-state index in [4.69, 9.17) is 17.4 Å². The summed E-state index contributed by atoms with van der Waals surface area (Å²) in [5.41, 5.74) is 4.30. The number of nitrogens with zero attached hydrogens (tertiary/aromatic N) is 2. The molecule has 0 aliphatic rings. The van der Waals surface area contributed by atoms with E-state index in [1.54, 1.807) is 0 Å². The van der Waals surface area contributed by atoms with Crippen molar-refractivity contribution in [2.75, 3.05) is 5.43 Å². The second kappa shape index (κ2) is 6.52. The van der Waals surface area contributed by atoms with E-state index in [9.17, 15) is 0 Å². The Bertz CT molecular complexity index is 616. The standard InChI is InChI=1S/C14H16BrClN4/c1-8(2)5-10-7-13(20-17)19-14(18-10)11-6-9(15)3-4-12(11)16/h3-4,6-8H,5,17H2,1-2H3,(H,18,19,20). The van der Waals surface area contributed by atoms with Gasteiger partial charge in [0.05, 0.1) is 5.02 Å². The van der Waals surface area contributed by atoms with Gasteiger partial charge in [0.1, 0.15) is 5.82 Å². The van der Waals surface area contributed by atoms with E-state index >= 15 is 0 Å². The van der Waals surface area contributed by atoms with Crippen LogP contribution in [0.3, 0.4) is 0 Å². The minimum Gasteiger partial charge on any atom is -0.308 e. The number of rotatable bonds is 4. The third-order valence-corrected chi connectivity index (χ3v) is 3.54. The zero-order valence-corrected chi connectivity index (χ0v) is 13.7. The first kappa shape index (κ1) is 15.2. The highest BCUT2D eigenvalue weighted by atomic mass is 79.9. The third kappa shape index (κ3) is 3.69. The van der Waals surface area contributed by atoms with Crippen molar-refractivity contribution >= 4 is 33.3 Å². The summed E-state index contributed by atoms with van der Waals surface area (Å²) in [5.74, 6) is 7.14. The van der Waals surface area contributed by atoms with Crippen LogP contribution < -0.4 is 11.3 Å². The first-order chi connectivity index (χ1) is 9.49. The third-order valence-electron chi connectivity index (χ3n) is 2.71. The van der Waals surface area contributed by atoms with Gasteiger partial charge in [-0.2, -0.15) is 0 Å². The van der Waals surface area contributed by atoms with Gasteiger partial charge in [0.2, 0.25) is 0 Å². The van der Waals surface area contributed by atoms with Gasteiger partial charge in [0, 0.05) is 21.8 Å². The maximum absolute atomic E-state index is 6.23. The molecule has 106 valence electrons. The van der Waals surface area contributed by atoms with Crippen LogP contribution in [0.2, 0.25) is 5.02 Å². The SMILES string of the molecule is CC(C)Cc1cc(NN)nc(-c2cc(Br)ccc2Cl)n1. The van der Waals surface area contributed by atoms with E-state index in [-0.39, 0.29) is 0 Å². The fraction of sp³-hybridized carbons (Fsp3) is 0.286. The van der Waals surface area contributed by atoms with Crippen molar-refractivity contribution in [2.24, 2.45) is 11.8 Å². The lowest BCUT2D eigenvalue weighted by atomic mass is 10.1. The van der Waals surface area contributed by atoms with Crippen LogP contribution in [0, 0.1) is 5.92 Å². The summed E-state index contributed by atoms with van der Waals surface area (Å²) in [6.45, 7) is 4.28. The fourth-order valence-electron chi connectivity index (χ4n) is 1.88. The van der Waals surface area contributed by atoms with E-state index in [1.807, 2.05) is 24.3 Å². The van der Waals surface area contributed by atoms with Gasteiger partial charge in [-0.3, -0.25) is 0 Å².